The van der Waals surface area contributed by atoms with Crippen LogP contribution in [0.3, 0.4) is 0 Å². The van der Waals surface area contributed by atoms with Gasteiger partial charge < -0.3 is 10.0 Å². The molecule has 3 nitrogen and oxygen atoms in total. The van der Waals surface area contributed by atoms with Crippen molar-refractivity contribution in [3.8, 4) is 0 Å². The van der Waals surface area contributed by atoms with Crippen molar-refractivity contribution in [3.63, 3.8) is 0 Å². The Hall–Kier alpha value is -0.260. The summed E-state index contributed by atoms with van der Waals surface area (Å²) in [5.41, 5.74) is 0.960. The molecule has 5 heteroatoms. The van der Waals surface area contributed by atoms with Crippen molar-refractivity contribution in [3.05, 3.63) is 10.6 Å². The minimum atomic E-state index is -0.321. The quantitative estimate of drug-likeness (QED) is 0.850. The first-order chi connectivity index (χ1) is 8.25. The fourth-order valence-corrected chi connectivity index (χ4v) is 4.82. The van der Waals surface area contributed by atoms with Gasteiger partial charge in [0.2, 0.25) is 0 Å². The van der Waals surface area contributed by atoms with Gasteiger partial charge in [-0.1, -0.05) is 0 Å². The molecule has 1 fully saturated rings. The first kappa shape index (κ1) is 11.8. The second-order valence-electron chi connectivity index (χ2n) is 4.83. The number of rotatable bonds is 1. The SMILES string of the molecule is CC1CSCCN1c1nc2c(s1)CCCC2O. The van der Waals surface area contributed by atoms with Crippen LogP contribution in [0.5, 0.6) is 0 Å². The van der Waals surface area contributed by atoms with Crippen LogP contribution >= 0.6 is 23.1 Å². The molecule has 1 saturated heterocycles. The van der Waals surface area contributed by atoms with Crippen LogP contribution in [0.1, 0.15) is 36.4 Å². The van der Waals surface area contributed by atoms with Crippen LogP contribution in [0.15, 0.2) is 0 Å². The Balaban J connectivity index is 1.88. The normalized spacial score (nSPS) is 29.2. The molecular weight excluding hydrogens is 252 g/mol. The fourth-order valence-electron chi connectivity index (χ4n) is 2.52. The number of aromatic nitrogens is 1. The Morgan fingerprint density at radius 2 is 2.35 bits per heavy atom. The average Bonchev–Trinajstić information content (AvgIpc) is 2.75. The van der Waals surface area contributed by atoms with Crippen LogP contribution in [-0.4, -0.2) is 34.2 Å². The van der Waals surface area contributed by atoms with Crippen LogP contribution in [0, 0.1) is 0 Å². The summed E-state index contributed by atoms with van der Waals surface area (Å²) in [5, 5.41) is 11.1. The van der Waals surface area contributed by atoms with Crippen molar-refractivity contribution in [1.29, 1.82) is 0 Å². The Labute approximate surface area is 110 Å². The van der Waals surface area contributed by atoms with Crippen molar-refractivity contribution in [2.45, 2.75) is 38.3 Å². The van der Waals surface area contributed by atoms with Crippen LogP contribution in [0.4, 0.5) is 5.13 Å². The number of aliphatic hydroxyl groups is 1. The first-order valence-corrected chi connectivity index (χ1v) is 8.25. The summed E-state index contributed by atoms with van der Waals surface area (Å²) in [6, 6.07) is 0.568. The standard InChI is InChI=1S/C12H18N2OS2/c1-8-7-16-6-5-14(8)12-13-11-9(15)3-2-4-10(11)17-12/h8-9,15H,2-7H2,1H3. The monoisotopic (exact) mass is 270 g/mol. The largest absolute Gasteiger partial charge is 0.387 e. The van der Waals surface area contributed by atoms with Crippen LogP contribution in [-0.2, 0) is 6.42 Å². The molecule has 1 aromatic rings. The van der Waals surface area contributed by atoms with E-state index in [0.717, 1.165) is 36.6 Å². The van der Waals surface area contributed by atoms with E-state index in [1.807, 2.05) is 11.8 Å². The Morgan fingerprint density at radius 3 is 3.12 bits per heavy atom. The third kappa shape index (κ3) is 2.20. The summed E-state index contributed by atoms with van der Waals surface area (Å²) in [5.74, 6) is 2.38. The highest BCUT2D eigenvalue weighted by atomic mass is 32.2. The number of aliphatic hydroxyl groups excluding tert-OH is 1. The molecule has 1 N–H and O–H groups in total. The second-order valence-corrected chi connectivity index (χ2v) is 7.04. The van der Waals surface area contributed by atoms with E-state index in [9.17, 15) is 5.11 Å². The predicted octanol–water partition coefficient (Wildman–Crippen LogP) is 2.45. The van der Waals surface area contributed by atoms with Crippen molar-refractivity contribution in [2.75, 3.05) is 23.0 Å². The topological polar surface area (TPSA) is 36.4 Å². The molecule has 17 heavy (non-hydrogen) atoms. The fraction of sp³-hybridized carbons (Fsp3) is 0.750. The van der Waals surface area contributed by atoms with E-state index < -0.39 is 0 Å². The summed E-state index contributed by atoms with van der Waals surface area (Å²) in [6.45, 7) is 3.36. The third-order valence-electron chi connectivity index (χ3n) is 3.53. The van der Waals surface area contributed by atoms with Crippen LogP contribution < -0.4 is 4.90 Å². The van der Waals surface area contributed by atoms with Gasteiger partial charge in [-0.15, -0.1) is 11.3 Å². The summed E-state index contributed by atoms with van der Waals surface area (Å²) in [7, 11) is 0. The van der Waals surface area contributed by atoms with E-state index in [1.165, 1.54) is 16.4 Å². The minimum Gasteiger partial charge on any atom is -0.387 e. The lowest BCUT2D eigenvalue weighted by atomic mass is 10.0. The number of anilines is 1. The Morgan fingerprint density at radius 1 is 1.47 bits per heavy atom. The van der Waals surface area contributed by atoms with Gasteiger partial charge in [0.25, 0.3) is 0 Å². The predicted molar refractivity (Wildman–Crippen MR) is 74.1 cm³/mol. The number of thiazole rings is 1. The van der Waals surface area contributed by atoms with Gasteiger partial charge in [0.15, 0.2) is 5.13 Å². The maximum Gasteiger partial charge on any atom is 0.186 e. The molecule has 3 rings (SSSR count). The second kappa shape index (κ2) is 4.78. The lowest BCUT2D eigenvalue weighted by Gasteiger charge is -2.32. The maximum atomic E-state index is 9.96. The van der Waals surface area contributed by atoms with E-state index in [-0.39, 0.29) is 6.10 Å². The maximum absolute atomic E-state index is 9.96. The number of hydrogen-bond acceptors (Lipinski definition) is 5. The van der Waals surface area contributed by atoms with Gasteiger partial charge >= 0.3 is 0 Å². The van der Waals surface area contributed by atoms with E-state index in [0.29, 0.717) is 6.04 Å². The molecule has 0 spiro atoms. The van der Waals surface area contributed by atoms with Gasteiger partial charge in [-0.05, 0) is 26.2 Å². The Kier molecular flexibility index (Phi) is 3.32. The zero-order chi connectivity index (χ0) is 11.8. The van der Waals surface area contributed by atoms with Gasteiger partial charge in [-0.3, -0.25) is 0 Å². The molecule has 0 aromatic carbocycles. The molecule has 1 aromatic heterocycles. The average molecular weight is 270 g/mol. The highest BCUT2D eigenvalue weighted by Gasteiger charge is 2.27. The van der Waals surface area contributed by atoms with Gasteiger partial charge in [-0.2, -0.15) is 11.8 Å². The summed E-state index contributed by atoms with van der Waals surface area (Å²) >= 11 is 3.82. The lowest BCUT2D eigenvalue weighted by molar-refractivity contribution is 0.153. The molecule has 0 radical (unpaired) electrons. The van der Waals surface area contributed by atoms with Crippen LogP contribution in [0.2, 0.25) is 0 Å². The summed E-state index contributed by atoms with van der Waals surface area (Å²) in [4.78, 5) is 8.41. The smallest absolute Gasteiger partial charge is 0.186 e. The molecule has 0 saturated carbocycles. The van der Waals surface area contributed by atoms with Crippen molar-refractivity contribution >= 4 is 28.2 Å². The van der Waals surface area contributed by atoms with Gasteiger partial charge in [-0.25, -0.2) is 4.98 Å². The zero-order valence-electron chi connectivity index (χ0n) is 10.1. The number of nitrogens with zero attached hydrogens (tertiary/aromatic N) is 2. The number of thioether (sulfide) groups is 1. The zero-order valence-corrected chi connectivity index (χ0v) is 11.7. The number of aryl methyl sites for hydroxylation is 1. The molecule has 1 aliphatic heterocycles. The van der Waals surface area contributed by atoms with Gasteiger partial charge in [0.05, 0.1) is 11.8 Å². The van der Waals surface area contributed by atoms with Crippen molar-refractivity contribution in [2.24, 2.45) is 0 Å². The molecular formula is C12H18N2OS2. The molecule has 2 heterocycles. The van der Waals surface area contributed by atoms with Gasteiger partial charge in [0.1, 0.15) is 0 Å². The summed E-state index contributed by atoms with van der Waals surface area (Å²) < 4.78 is 0. The number of hydrogen-bond donors (Lipinski definition) is 1. The highest BCUT2D eigenvalue weighted by molar-refractivity contribution is 7.99. The van der Waals surface area contributed by atoms with E-state index in [2.05, 4.69) is 11.8 Å². The lowest BCUT2D eigenvalue weighted by Crippen LogP contribution is -2.40. The highest BCUT2D eigenvalue weighted by Crippen LogP contribution is 2.37. The third-order valence-corrected chi connectivity index (χ3v) is 5.88. The van der Waals surface area contributed by atoms with Crippen molar-refractivity contribution < 1.29 is 5.11 Å². The number of fused-ring (bicyclic) bond motifs is 1. The molecule has 0 bridgehead atoms. The van der Waals surface area contributed by atoms with Crippen LogP contribution in [0.25, 0.3) is 0 Å². The first-order valence-electron chi connectivity index (χ1n) is 6.28. The molecule has 0 amide bonds. The Bertz CT molecular complexity index is 407. The van der Waals surface area contributed by atoms with Gasteiger partial charge in [0, 0.05) is 29.0 Å². The van der Waals surface area contributed by atoms with E-state index in [4.69, 9.17) is 4.98 Å². The molecule has 1 aliphatic carbocycles. The molecule has 2 unspecified atom stereocenters. The van der Waals surface area contributed by atoms with Crippen molar-refractivity contribution in [1.82, 2.24) is 4.98 Å². The van der Waals surface area contributed by atoms with E-state index in [1.54, 1.807) is 11.3 Å². The molecule has 2 atom stereocenters. The minimum absolute atomic E-state index is 0.321. The van der Waals surface area contributed by atoms with E-state index >= 15 is 0 Å². The molecule has 94 valence electrons. The summed E-state index contributed by atoms with van der Waals surface area (Å²) in [6.07, 6.45) is 2.75. The molecule has 2 aliphatic rings.